The van der Waals surface area contributed by atoms with Gasteiger partial charge >= 0.3 is 0 Å². The molecule has 0 bridgehead atoms. The molecule has 3 aromatic rings. The monoisotopic (exact) mass is 649 g/mol. The highest BCUT2D eigenvalue weighted by Gasteiger charge is 2.32. The zero-order chi connectivity index (χ0) is 28.4. The van der Waals surface area contributed by atoms with E-state index < -0.39 is 26.0 Å². The molecule has 39 heavy (non-hydrogen) atoms. The van der Waals surface area contributed by atoms with Crippen LogP contribution in [0.25, 0.3) is 0 Å². The highest BCUT2D eigenvalue weighted by atomic mass is 35.5. The summed E-state index contributed by atoms with van der Waals surface area (Å²) in [5.41, 5.74) is 0.936. The number of rotatable bonds is 8. The van der Waals surface area contributed by atoms with Crippen LogP contribution < -0.4 is 10.0 Å². The summed E-state index contributed by atoms with van der Waals surface area (Å²) in [4.78, 5) is 12.8. The summed E-state index contributed by atoms with van der Waals surface area (Å²) in [6.07, 6.45) is 0.666. The van der Waals surface area contributed by atoms with Gasteiger partial charge in [0.1, 0.15) is 0 Å². The second-order valence-corrected chi connectivity index (χ2v) is 14.2. The first kappa shape index (κ1) is 29.9. The SMILES string of the molecule is O=C(Nc1ccc(S(=O)(=O)Nc2ccc(Cl)cc2Cl)cc1)C1CCN(S(=O)(=O)Cc2c(Cl)cccc2Cl)CC1. The number of nitrogens with one attached hydrogen (secondary N) is 2. The maximum Gasteiger partial charge on any atom is 0.261 e. The Labute approximate surface area is 247 Å². The van der Waals surface area contributed by atoms with Crippen molar-refractivity contribution in [1.82, 2.24) is 4.31 Å². The van der Waals surface area contributed by atoms with Crippen LogP contribution in [0.3, 0.4) is 0 Å². The summed E-state index contributed by atoms with van der Waals surface area (Å²) in [5.74, 6) is -1.00. The number of carbonyl (C=O) groups is 1. The van der Waals surface area contributed by atoms with Gasteiger partial charge < -0.3 is 5.32 Å². The van der Waals surface area contributed by atoms with E-state index >= 15 is 0 Å². The summed E-state index contributed by atoms with van der Waals surface area (Å²) in [7, 11) is -7.61. The van der Waals surface area contributed by atoms with Crippen LogP contribution in [0.2, 0.25) is 20.1 Å². The van der Waals surface area contributed by atoms with Crippen molar-refractivity contribution in [1.29, 1.82) is 0 Å². The molecule has 1 heterocycles. The Morgan fingerprint density at radius 1 is 0.846 bits per heavy atom. The molecule has 1 fully saturated rings. The Hall–Kier alpha value is -2.05. The normalized spacial score (nSPS) is 15.2. The van der Waals surface area contributed by atoms with Crippen LogP contribution in [0.5, 0.6) is 0 Å². The quantitative estimate of drug-likeness (QED) is 0.298. The first-order valence-corrected chi connectivity index (χ1v) is 16.3. The Balaban J connectivity index is 1.33. The highest BCUT2D eigenvalue weighted by Crippen LogP contribution is 2.30. The summed E-state index contributed by atoms with van der Waals surface area (Å²) < 4.78 is 55.1. The Morgan fingerprint density at radius 3 is 2.05 bits per heavy atom. The van der Waals surface area contributed by atoms with Crippen LogP contribution in [0, 0.1) is 5.92 Å². The largest absolute Gasteiger partial charge is 0.326 e. The molecule has 0 radical (unpaired) electrons. The van der Waals surface area contributed by atoms with E-state index in [0.29, 0.717) is 29.1 Å². The van der Waals surface area contributed by atoms with Crippen LogP contribution in [-0.2, 0) is 30.6 Å². The lowest BCUT2D eigenvalue weighted by molar-refractivity contribution is -0.120. The Bertz CT molecular complexity index is 1570. The van der Waals surface area contributed by atoms with Gasteiger partial charge in [0.15, 0.2) is 0 Å². The molecule has 0 aromatic heterocycles. The number of nitrogens with zero attached hydrogens (tertiary/aromatic N) is 1. The van der Waals surface area contributed by atoms with Gasteiger partial charge in [0, 0.05) is 45.3 Å². The van der Waals surface area contributed by atoms with Gasteiger partial charge in [0.2, 0.25) is 15.9 Å². The molecule has 3 aromatic carbocycles. The molecule has 0 unspecified atom stereocenters. The molecule has 2 N–H and O–H groups in total. The summed E-state index contributed by atoms with van der Waals surface area (Å²) >= 11 is 24.2. The number of sulfonamides is 2. The van der Waals surface area contributed by atoms with Crippen molar-refractivity contribution >= 4 is 83.7 Å². The van der Waals surface area contributed by atoms with Gasteiger partial charge in [-0.15, -0.1) is 0 Å². The average molecular weight is 651 g/mol. The maximum atomic E-state index is 12.9. The van der Waals surface area contributed by atoms with Crippen LogP contribution in [-0.4, -0.2) is 40.1 Å². The fourth-order valence-electron chi connectivity index (χ4n) is 4.08. The number of hydrogen-bond acceptors (Lipinski definition) is 5. The molecule has 1 aliphatic heterocycles. The number of halogens is 4. The fourth-order valence-corrected chi connectivity index (χ4v) is 7.98. The van der Waals surface area contributed by atoms with Crippen LogP contribution in [0.1, 0.15) is 18.4 Å². The lowest BCUT2D eigenvalue weighted by Crippen LogP contribution is -2.42. The van der Waals surface area contributed by atoms with E-state index in [1.165, 1.54) is 46.8 Å². The molecule has 4 rings (SSSR count). The fraction of sp³-hybridized carbons (Fsp3) is 0.240. The van der Waals surface area contributed by atoms with E-state index in [1.807, 2.05) is 0 Å². The Kier molecular flexibility index (Phi) is 9.37. The second-order valence-electron chi connectivity index (χ2n) is 8.87. The van der Waals surface area contributed by atoms with Crippen molar-refractivity contribution in [3.63, 3.8) is 0 Å². The van der Waals surface area contributed by atoms with E-state index in [4.69, 9.17) is 46.4 Å². The van der Waals surface area contributed by atoms with Gasteiger partial charge in [-0.25, -0.2) is 21.1 Å². The predicted molar refractivity (Wildman–Crippen MR) is 156 cm³/mol. The first-order chi connectivity index (χ1) is 18.4. The third-order valence-corrected chi connectivity index (χ3v) is 10.7. The van der Waals surface area contributed by atoms with Crippen LogP contribution >= 0.6 is 46.4 Å². The van der Waals surface area contributed by atoms with Crippen molar-refractivity contribution in [2.75, 3.05) is 23.1 Å². The smallest absolute Gasteiger partial charge is 0.261 e. The second kappa shape index (κ2) is 12.2. The van der Waals surface area contributed by atoms with Gasteiger partial charge in [-0.05, 0) is 67.4 Å². The molecule has 0 saturated carbocycles. The minimum atomic E-state index is -3.93. The van der Waals surface area contributed by atoms with E-state index in [0.717, 1.165) is 0 Å². The molecule has 0 atom stereocenters. The number of benzene rings is 3. The molecule has 1 amide bonds. The molecule has 1 saturated heterocycles. The minimum absolute atomic E-state index is 0.0244. The third kappa shape index (κ3) is 7.38. The number of carbonyl (C=O) groups excluding carboxylic acids is 1. The molecule has 1 aliphatic rings. The van der Waals surface area contributed by atoms with Gasteiger partial charge in [0.05, 0.1) is 21.4 Å². The maximum absolute atomic E-state index is 12.9. The minimum Gasteiger partial charge on any atom is -0.326 e. The molecule has 14 heteroatoms. The standard InChI is InChI=1S/C25H23Cl4N3O5S2/c26-17-4-9-24(23(29)14-17)31-39(36,37)19-7-5-18(6-8-19)30-25(33)16-10-12-32(13-11-16)38(34,35)15-20-21(27)2-1-3-22(20)28/h1-9,14,16,31H,10-13,15H2,(H,30,33). The number of anilines is 2. The van der Waals surface area contributed by atoms with Gasteiger partial charge in [0.25, 0.3) is 10.0 Å². The van der Waals surface area contributed by atoms with Gasteiger partial charge in [-0.2, -0.15) is 0 Å². The van der Waals surface area contributed by atoms with E-state index in [9.17, 15) is 21.6 Å². The number of hydrogen-bond donors (Lipinski definition) is 2. The van der Waals surface area contributed by atoms with Crippen molar-refractivity contribution < 1.29 is 21.6 Å². The third-order valence-electron chi connectivity index (χ3n) is 6.21. The molecular weight excluding hydrogens is 628 g/mol. The van der Waals surface area contributed by atoms with E-state index in [2.05, 4.69) is 10.0 Å². The molecule has 8 nitrogen and oxygen atoms in total. The predicted octanol–water partition coefficient (Wildman–Crippen LogP) is 6.28. The molecule has 0 aliphatic carbocycles. The van der Waals surface area contributed by atoms with Crippen molar-refractivity contribution in [3.05, 3.63) is 86.3 Å². The summed E-state index contributed by atoms with van der Waals surface area (Å²) in [5, 5.41) is 3.86. The zero-order valence-electron chi connectivity index (χ0n) is 20.2. The van der Waals surface area contributed by atoms with E-state index in [-0.39, 0.29) is 50.4 Å². The van der Waals surface area contributed by atoms with Crippen molar-refractivity contribution in [2.24, 2.45) is 5.92 Å². The molecule has 208 valence electrons. The topological polar surface area (TPSA) is 113 Å². The van der Waals surface area contributed by atoms with Gasteiger partial charge in [-0.3, -0.25) is 9.52 Å². The first-order valence-electron chi connectivity index (χ1n) is 11.7. The van der Waals surface area contributed by atoms with Crippen molar-refractivity contribution in [3.8, 4) is 0 Å². The van der Waals surface area contributed by atoms with Crippen molar-refractivity contribution in [2.45, 2.75) is 23.5 Å². The lowest BCUT2D eigenvalue weighted by atomic mass is 9.97. The van der Waals surface area contributed by atoms with Crippen LogP contribution in [0.4, 0.5) is 11.4 Å². The van der Waals surface area contributed by atoms with Crippen LogP contribution in [0.15, 0.2) is 65.6 Å². The number of piperidine rings is 1. The molecule has 0 spiro atoms. The average Bonchev–Trinajstić information content (AvgIpc) is 2.88. The lowest BCUT2D eigenvalue weighted by Gasteiger charge is -2.30. The van der Waals surface area contributed by atoms with Gasteiger partial charge in [-0.1, -0.05) is 52.5 Å². The number of amides is 1. The zero-order valence-corrected chi connectivity index (χ0v) is 24.9. The van der Waals surface area contributed by atoms with E-state index in [1.54, 1.807) is 18.2 Å². The summed E-state index contributed by atoms with van der Waals surface area (Å²) in [6.45, 7) is 0.358. The molecular formula is C25H23Cl4N3O5S2. The highest BCUT2D eigenvalue weighted by molar-refractivity contribution is 7.92. The Morgan fingerprint density at radius 2 is 1.46 bits per heavy atom. The summed E-state index contributed by atoms with van der Waals surface area (Å²) in [6, 6.07) is 14.9.